The number of Topliss-reactive ketones (excluding diaryl/α,β-unsaturated/α-hetero) is 1. The Morgan fingerprint density at radius 2 is 1.85 bits per heavy atom. The van der Waals surface area contributed by atoms with Crippen LogP contribution >= 0.6 is 0 Å². The number of hydrogen-bond donors (Lipinski definition) is 0. The van der Waals surface area contributed by atoms with E-state index in [9.17, 15) is 4.79 Å². The zero-order valence-electron chi connectivity index (χ0n) is 15.5. The van der Waals surface area contributed by atoms with Crippen LogP contribution in [0.15, 0.2) is 18.2 Å². The van der Waals surface area contributed by atoms with Gasteiger partial charge in [0.05, 0.1) is 5.69 Å². The third-order valence-corrected chi connectivity index (χ3v) is 6.14. The van der Waals surface area contributed by atoms with E-state index in [-0.39, 0.29) is 5.78 Å². The topological polar surface area (TPSA) is 41.4 Å². The molecule has 136 valence electrons. The van der Waals surface area contributed by atoms with Gasteiger partial charge in [-0.05, 0) is 63.4 Å². The van der Waals surface area contributed by atoms with Gasteiger partial charge in [-0.1, -0.05) is 6.07 Å². The fraction of sp³-hybridized carbons (Fsp3) is 0.524. The molecule has 0 spiro atoms. The normalized spacial score (nSPS) is 20.3. The lowest BCUT2D eigenvalue weighted by Gasteiger charge is -2.26. The molecule has 4 heterocycles. The summed E-state index contributed by atoms with van der Waals surface area (Å²) in [6.45, 7) is 4.27. The minimum absolute atomic E-state index is 0.234. The Kier molecular flexibility index (Phi) is 3.85. The second-order valence-electron chi connectivity index (χ2n) is 7.94. The van der Waals surface area contributed by atoms with Crippen molar-refractivity contribution in [1.29, 1.82) is 0 Å². The van der Waals surface area contributed by atoms with E-state index >= 15 is 0 Å². The van der Waals surface area contributed by atoms with Gasteiger partial charge in [-0.2, -0.15) is 0 Å². The lowest BCUT2D eigenvalue weighted by Crippen LogP contribution is -2.30. The van der Waals surface area contributed by atoms with Crippen molar-refractivity contribution < 1.29 is 4.79 Å². The van der Waals surface area contributed by atoms with Crippen LogP contribution in [0.1, 0.15) is 46.6 Å². The van der Waals surface area contributed by atoms with Crippen molar-refractivity contribution in [1.82, 2.24) is 14.5 Å². The van der Waals surface area contributed by atoms with Gasteiger partial charge < -0.3 is 9.80 Å². The molecule has 3 aliphatic rings. The number of carbonyl (C=O) groups excluding carboxylic acids is 1. The molecule has 26 heavy (non-hydrogen) atoms. The molecule has 2 aliphatic heterocycles. The Hall–Kier alpha value is -2.14. The van der Waals surface area contributed by atoms with Crippen molar-refractivity contribution in [2.45, 2.75) is 38.5 Å². The van der Waals surface area contributed by atoms with E-state index in [4.69, 9.17) is 4.98 Å². The summed E-state index contributed by atoms with van der Waals surface area (Å²) in [5, 5.41) is 0. The number of aromatic nitrogens is 2. The maximum atomic E-state index is 12.7. The summed E-state index contributed by atoms with van der Waals surface area (Å²) in [6.07, 6.45) is 6.23. The number of ketones is 1. The first-order chi connectivity index (χ1) is 12.7. The highest BCUT2D eigenvalue weighted by Crippen LogP contribution is 2.33. The van der Waals surface area contributed by atoms with E-state index in [2.05, 4.69) is 39.6 Å². The SMILES string of the molecule is CN1CCCN(c2ccc3c(n2)-n2c(cc4c2CCCC4)C(=O)C3)CC1. The standard InChI is InChI=1S/C21H26N4O/c1-23-9-4-10-24(12-11-23)20-8-7-16-14-19(26)18-13-15-5-2-3-6-17(15)25(18)21(16)22-20/h7-8,13H,2-6,9-12,14H2,1H3. The van der Waals surface area contributed by atoms with E-state index in [1.54, 1.807) is 0 Å². The van der Waals surface area contributed by atoms with Gasteiger partial charge in [-0.15, -0.1) is 0 Å². The van der Waals surface area contributed by atoms with Crippen LogP contribution in [-0.2, 0) is 19.3 Å². The molecule has 1 aliphatic carbocycles. The predicted molar refractivity (Wildman–Crippen MR) is 103 cm³/mol. The first-order valence-corrected chi connectivity index (χ1v) is 9.91. The first-order valence-electron chi connectivity index (χ1n) is 9.91. The zero-order chi connectivity index (χ0) is 17.7. The van der Waals surface area contributed by atoms with Gasteiger partial charge in [0.15, 0.2) is 5.78 Å². The molecule has 0 amide bonds. The highest BCUT2D eigenvalue weighted by molar-refractivity contribution is 5.99. The van der Waals surface area contributed by atoms with Crippen LogP contribution in [0.4, 0.5) is 5.82 Å². The van der Waals surface area contributed by atoms with Gasteiger partial charge >= 0.3 is 0 Å². The predicted octanol–water partition coefficient (Wildman–Crippen LogP) is 2.63. The highest BCUT2D eigenvalue weighted by atomic mass is 16.1. The molecule has 0 bridgehead atoms. The van der Waals surface area contributed by atoms with Crippen LogP contribution in [0.25, 0.3) is 5.82 Å². The van der Waals surface area contributed by atoms with Crippen molar-refractivity contribution in [3.8, 4) is 5.82 Å². The largest absolute Gasteiger partial charge is 0.355 e. The van der Waals surface area contributed by atoms with E-state index in [0.717, 1.165) is 68.3 Å². The maximum Gasteiger partial charge on any atom is 0.184 e. The molecule has 0 atom stereocenters. The van der Waals surface area contributed by atoms with E-state index in [1.165, 1.54) is 24.1 Å². The van der Waals surface area contributed by atoms with Crippen LogP contribution in [-0.4, -0.2) is 53.5 Å². The number of anilines is 1. The monoisotopic (exact) mass is 350 g/mol. The van der Waals surface area contributed by atoms with Crippen molar-refractivity contribution in [3.05, 3.63) is 40.7 Å². The molecule has 0 N–H and O–H groups in total. The number of carbonyl (C=O) groups is 1. The quantitative estimate of drug-likeness (QED) is 0.793. The maximum absolute atomic E-state index is 12.7. The van der Waals surface area contributed by atoms with Crippen LogP contribution in [0.3, 0.4) is 0 Å². The molecule has 5 rings (SSSR count). The molecule has 2 aromatic rings. The zero-order valence-corrected chi connectivity index (χ0v) is 15.5. The van der Waals surface area contributed by atoms with E-state index in [1.807, 2.05) is 0 Å². The summed E-state index contributed by atoms with van der Waals surface area (Å²) < 4.78 is 2.18. The minimum Gasteiger partial charge on any atom is -0.355 e. The molecule has 0 radical (unpaired) electrons. The fourth-order valence-electron chi connectivity index (χ4n) is 4.66. The molecule has 0 aromatic carbocycles. The summed E-state index contributed by atoms with van der Waals surface area (Å²) in [6, 6.07) is 6.37. The average Bonchev–Trinajstić information content (AvgIpc) is 2.92. The molecule has 1 saturated heterocycles. The number of rotatable bonds is 1. The fourth-order valence-corrected chi connectivity index (χ4v) is 4.66. The van der Waals surface area contributed by atoms with Crippen LogP contribution < -0.4 is 4.90 Å². The second kappa shape index (κ2) is 6.23. The molecular weight excluding hydrogens is 324 g/mol. The van der Waals surface area contributed by atoms with Crippen molar-refractivity contribution in [2.75, 3.05) is 38.1 Å². The number of likely N-dealkylation sites (N-methyl/N-ethyl adjacent to an activating group) is 1. The molecule has 0 saturated carbocycles. The van der Waals surface area contributed by atoms with Crippen molar-refractivity contribution in [3.63, 3.8) is 0 Å². The summed E-state index contributed by atoms with van der Waals surface area (Å²) in [4.78, 5) is 22.5. The smallest absolute Gasteiger partial charge is 0.184 e. The summed E-state index contributed by atoms with van der Waals surface area (Å²) in [5.41, 5.74) is 4.60. The molecule has 5 nitrogen and oxygen atoms in total. The Balaban J connectivity index is 1.58. The van der Waals surface area contributed by atoms with Gasteiger partial charge in [0.1, 0.15) is 11.6 Å². The number of aryl methyl sites for hydroxylation is 1. The van der Waals surface area contributed by atoms with Gasteiger partial charge in [0.2, 0.25) is 0 Å². The molecular formula is C21H26N4O. The molecule has 2 aromatic heterocycles. The first kappa shape index (κ1) is 16.1. The third kappa shape index (κ3) is 2.57. The average molecular weight is 350 g/mol. The van der Waals surface area contributed by atoms with Crippen LogP contribution in [0.5, 0.6) is 0 Å². The Morgan fingerprint density at radius 1 is 0.962 bits per heavy atom. The van der Waals surface area contributed by atoms with Crippen LogP contribution in [0.2, 0.25) is 0 Å². The Labute approximate surface area is 154 Å². The Bertz CT molecular complexity index is 869. The minimum atomic E-state index is 0.234. The van der Waals surface area contributed by atoms with Gasteiger partial charge in [0, 0.05) is 37.3 Å². The summed E-state index contributed by atoms with van der Waals surface area (Å²) in [5.74, 6) is 2.29. The van der Waals surface area contributed by atoms with E-state index in [0.29, 0.717) is 6.42 Å². The lowest BCUT2D eigenvalue weighted by molar-refractivity contribution is 0.0982. The lowest BCUT2D eigenvalue weighted by atomic mass is 9.98. The van der Waals surface area contributed by atoms with Gasteiger partial charge in [0.25, 0.3) is 0 Å². The third-order valence-electron chi connectivity index (χ3n) is 6.14. The highest BCUT2D eigenvalue weighted by Gasteiger charge is 2.30. The van der Waals surface area contributed by atoms with Gasteiger partial charge in [-0.3, -0.25) is 9.36 Å². The molecule has 5 heteroatoms. The number of hydrogen-bond acceptors (Lipinski definition) is 4. The summed E-state index contributed by atoms with van der Waals surface area (Å²) in [7, 11) is 2.19. The van der Waals surface area contributed by atoms with Crippen molar-refractivity contribution >= 4 is 11.6 Å². The summed E-state index contributed by atoms with van der Waals surface area (Å²) >= 11 is 0. The number of fused-ring (bicyclic) bond motifs is 5. The van der Waals surface area contributed by atoms with E-state index < -0.39 is 0 Å². The van der Waals surface area contributed by atoms with Crippen molar-refractivity contribution in [2.24, 2.45) is 0 Å². The number of pyridine rings is 1. The molecule has 1 fully saturated rings. The van der Waals surface area contributed by atoms with Crippen LogP contribution in [0, 0.1) is 0 Å². The van der Waals surface area contributed by atoms with Gasteiger partial charge in [-0.25, -0.2) is 4.98 Å². The Morgan fingerprint density at radius 3 is 2.77 bits per heavy atom. The molecule has 0 unspecified atom stereocenters. The number of nitrogens with zero attached hydrogens (tertiary/aromatic N) is 4. The second-order valence-corrected chi connectivity index (χ2v) is 7.94.